The zero-order valence-electron chi connectivity index (χ0n) is 19.1. The van der Waals surface area contributed by atoms with Crippen LogP contribution in [0.15, 0.2) is 66.6 Å². The largest absolute Gasteiger partial charge is 0.459 e. The Morgan fingerprint density at radius 2 is 1.85 bits per heavy atom. The van der Waals surface area contributed by atoms with E-state index in [-0.39, 0.29) is 36.1 Å². The number of aromatic nitrogens is 1. The van der Waals surface area contributed by atoms with Crippen LogP contribution in [-0.4, -0.2) is 33.8 Å². The third-order valence-electron chi connectivity index (χ3n) is 6.32. The van der Waals surface area contributed by atoms with E-state index in [0.29, 0.717) is 13.0 Å². The number of fused-ring (bicyclic) bond motifs is 1. The van der Waals surface area contributed by atoms with Crippen molar-refractivity contribution >= 4 is 22.7 Å². The van der Waals surface area contributed by atoms with Crippen LogP contribution in [0.1, 0.15) is 53.6 Å². The van der Waals surface area contributed by atoms with E-state index in [1.807, 2.05) is 60.8 Å². The molecule has 1 amide bonds. The van der Waals surface area contributed by atoms with Gasteiger partial charge in [-0.15, -0.1) is 0 Å². The van der Waals surface area contributed by atoms with Crippen LogP contribution >= 0.6 is 0 Å². The zero-order valence-corrected chi connectivity index (χ0v) is 19.1. The summed E-state index contributed by atoms with van der Waals surface area (Å²) in [6.45, 7) is 1.85. The van der Waals surface area contributed by atoms with Crippen LogP contribution in [0.5, 0.6) is 0 Å². The first kappa shape index (κ1) is 22.4. The third-order valence-corrected chi connectivity index (χ3v) is 6.32. The number of rotatable bonds is 7. The Bertz CT molecular complexity index is 1240. The molecule has 1 aromatic heterocycles. The van der Waals surface area contributed by atoms with Crippen LogP contribution in [0.2, 0.25) is 0 Å². The highest BCUT2D eigenvalue weighted by Gasteiger charge is 2.33. The molecule has 176 valence electrons. The Kier molecular flexibility index (Phi) is 6.22. The van der Waals surface area contributed by atoms with Crippen molar-refractivity contribution in [1.29, 1.82) is 0 Å². The molecular weight excluding hydrogens is 432 g/mol. The maximum absolute atomic E-state index is 12.8. The molecule has 2 N–H and O–H groups in total. The van der Waals surface area contributed by atoms with E-state index < -0.39 is 6.29 Å². The minimum Gasteiger partial charge on any atom is -0.459 e. The standard InChI is InChI=1S/C27H28N2O5/c1-17(31)29-14-23(22-4-2-3-5-24(22)29)20-12-25(27(32)28-21-10-11-21)34-26(13-20)33-16-19-8-6-18(15-30)7-9-19/h2-9,12,14,20-21,26,30H,10-11,13,15-16H2,1H3,(H,28,32)/t20-,26+/m0/s1. The highest BCUT2D eigenvalue weighted by Crippen LogP contribution is 2.37. The molecule has 2 aromatic carbocycles. The van der Waals surface area contributed by atoms with Gasteiger partial charge in [0.2, 0.25) is 12.2 Å². The molecule has 7 nitrogen and oxygen atoms in total. The average molecular weight is 461 g/mol. The summed E-state index contributed by atoms with van der Waals surface area (Å²) in [5, 5.41) is 13.2. The molecule has 1 aliphatic heterocycles. The van der Waals surface area contributed by atoms with Gasteiger partial charge < -0.3 is 19.9 Å². The van der Waals surface area contributed by atoms with E-state index in [2.05, 4.69) is 5.32 Å². The lowest BCUT2D eigenvalue weighted by atomic mass is 9.92. The quantitative estimate of drug-likeness (QED) is 0.556. The van der Waals surface area contributed by atoms with Crippen molar-refractivity contribution in [3.63, 3.8) is 0 Å². The fraction of sp³-hybridized carbons (Fsp3) is 0.333. The number of aliphatic hydroxyl groups excluding tert-OH is 1. The highest BCUT2D eigenvalue weighted by molar-refractivity contribution is 5.95. The molecule has 7 heteroatoms. The van der Waals surface area contributed by atoms with Gasteiger partial charge >= 0.3 is 0 Å². The molecule has 1 fully saturated rings. The summed E-state index contributed by atoms with van der Waals surface area (Å²) in [7, 11) is 0. The number of aliphatic hydroxyl groups is 1. The summed E-state index contributed by atoms with van der Waals surface area (Å²) < 4.78 is 13.7. The van der Waals surface area contributed by atoms with E-state index in [1.54, 1.807) is 11.5 Å². The van der Waals surface area contributed by atoms with Crippen molar-refractivity contribution in [2.75, 3.05) is 0 Å². The molecule has 2 heterocycles. The molecule has 5 rings (SSSR count). The van der Waals surface area contributed by atoms with Crippen LogP contribution in [0.4, 0.5) is 0 Å². The molecule has 1 saturated carbocycles. The predicted octanol–water partition coefficient (Wildman–Crippen LogP) is 4.00. The van der Waals surface area contributed by atoms with Crippen molar-refractivity contribution in [1.82, 2.24) is 9.88 Å². The maximum atomic E-state index is 12.8. The Morgan fingerprint density at radius 3 is 2.56 bits per heavy atom. The molecule has 1 aliphatic carbocycles. The van der Waals surface area contributed by atoms with Crippen molar-refractivity contribution < 1.29 is 24.2 Å². The molecule has 0 spiro atoms. The normalized spacial score (nSPS) is 20.0. The maximum Gasteiger partial charge on any atom is 0.286 e. The summed E-state index contributed by atoms with van der Waals surface area (Å²) in [6.07, 6.45) is 5.57. The van der Waals surface area contributed by atoms with Crippen molar-refractivity contribution in [2.45, 2.75) is 57.6 Å². The van der Waals surface area contributed by atoms with Crippen molar-refractivity contribution in [3.05, 3.63) is 83.3 Å². The highest BCUT2D eigenvalue weighted by atomic mass is 16.7. The van der Waals surface area contributed by atoms with Gasteiger partial charge in [-0.3, -0.25) is 14.2 Å². The van der Waals surface area contributed by atoms with E-state index in [4.69, 9.17) is 9.47 Å². The van der Waals surface area contributed by atoms with E-state index in [0.717, 1.165) is 40.4 Å². The van der Waals surface area contributed by atoms with Gasteiger partial charge in [-0.25, -0.2) is 0 Å². The van der Waals surface area contributed by atoms with E-state index in [9.17, 15) is 14.7 Å². The van der Waals surface area contributed by atoms with Crippen molar-refractivity contribution in [3.8, 4) is 0 Å². The number of para-hydroxylation sites is 1. The van der Waals surface area contributed by atoms with Crippen LogP contribution in [-0.2, 0) is 27.5 Å². The first-order chi connectivity index (χ1) is 16.5. The van der Waals surface area contributed by atoms with Crippen LogP contribution in [0.25, 0.3) is 10.9 Å². The molecule has 0 radical (unpaired) electrons. The van der Waals surface area contributed by atoms with Gasteiger partial charge in [0.15, 0.2) is 5.76 Å². The number of hydrogen-bond donors (Lipinski definition) is 2. The molecular formula is C27H28N2O5. The second-order valence-corrected chi connectivity index (χ2v) is 8.94. The second kappa shape index (κ2) is 9.44. The monoisotopic (exact) mass is 460 g/mol. The summed E-state index contributed by atoms with van der Waals surface area (Å²) >= 11 is 0. The first-order valence-corrected chi connectivity index (χ1v) is 11.6. The minimum atomic E-state index is -0.619. The first-order valence-electron chi connectivity index (χ1n) is 11.6. The van der Waals surface area contributed by atoms with Gasteiger partial charge in [0.1, 0.15) is 0 Å². The zero-order chi connectivity index (χ0) is 23.7. The molecule has 3 aromatic rings. The molecule has 2 aliphatic rings. The fourth-order valence-corrected chi connectivity index (χ4v) is 4.31. The smallest absolute Gasteiger partial charge is 0.286 e. The number of ether oxygens (including phenoxy) is 2. The number of carbonyl (C=O) groups is 2. The lowest BCUT2D eigenvalue weighted by Crippen LogP contribution is -2.33. The minimum absolute atomic E-state index is 0.00726. The van der Waals surface area contributed by atoms with E-state index in [1.165, 1.54) is 0 Å². The molecule has 2 atom stereocenters. The Balaban J connectivity index is 1.42. The predicted molar refractivity (Wildman–Crippen MR) is 127 cm³/mol. The summed E-state index contributed by atoms with van der Waals surface area (Å²) in [6, 6.07) is 15.5. The van der Waals surface area contributed by atoms with Gasteiger partial charge in [-0.2, -0.15) is 0 Å². The Hall–Kier alpha value is -3.42. The molecule has 0 saturated heterocycles. The van der Waals surface area contributed by atoms with Crippen LogP contribution in [0.3, 0.4) is 0 Å². The SMILES string of the molecule is CC(=O)n1cc([C@H]2C=C(C(=O)NC3CC3)O[C@@H](OCc3ccc(CO)cc3)C2)c2ccccc21. The second-order valence-electron chi connectivity index (χ2n) is 8.94. The van der Waals surface area contributed by atoms with Gasteiger partial charge in [-0.1, -0.05) is 42.5 Å². The van der Waals surface area contributed by atoms with Crippen molar-refractivity contribution in [2.24, 2.45) is 0 Å². The number of amides is 1. The third kappa shape index (κ3) is 4.76. The summed E-state index contributed by atoms with van der Waals surface area (Å²) in [5.74, 6) is -0.197. The number of nitrogens with zero attached hydrogens (tertiary/aromatic N) is 1. The average Bonchev–Trinajstić information content (AvgIpc) is 3.58. The lowest BCUT2D eigenvalue weighted by Gasteiger charge is -2.29. The summed E-state index contributed by atoms with van der Waals surface area (Å²) in [4.78, 5) is 25.1. The van der Waals surface area contributed by atoms with Gasteiger partial charge in [0, 0.05) is 36.9 Å². The number of allylic oxidation sites excluding steroid dienone is 1. The Morgan fingerprint density at radius 1 is 1.12 bits per heavy atom. The number of benzene rings is 2. The van der Waals surface area contributed by atoms with Crippen LogP contribution in [0, 0.1) is 0 Å². The van der Waals surface area contributed by atoms with E-state index >= 15 is 0 Å². The fourth-order valence-electron chi connectivity index (χ4n) is 4.31. The summed E-state index contributed by atoms with van der Waals surface area (Å²) in [5.41, 5.74) is 3.59. The molecule has 34 heavy (non-hydrogen) atoms. The molecule has 0 unspecified atom stereocenters. The number of nitrogens with one attached hydrogen (secondary N) is 1. The van der Waals surface area contributed by atoms with Gasteiger partial charge in [0.25, 0.3) is 5.91 Å². The van der Waals surface area contributed by atoms with Crippen LogP contribution < -0.4 is 5.32 Å². The number of carbonyl (C=O) groups excluding carboxylic acids is 2. The topological polar surface area (TPSA) is 89.8 Å². The Labute approximate surface area is 198 Å². The lowest BCUT2D eigenvalue weighted by molar-refractivity contribution is -0.150. The number of hydrogen-bond acceptors (Lipinski definition) is 5. The van der Waals surface area contributed by atoms with Gasteiger partial charge in [0.05, 0.1) is 18.7 Å². The molecule has 0 bridgehead atoms. The van der Waals surface area contributed by atoms with Gasteiger partial charge in [-0.05, 0) is 41.7 Å².